The summed E-state index contributed by atoms with van der Waals surface area (Å²) in [5, 5.41) is 5.02. The lowest BCUT2D eigenvalue weighted by atomic mass is 10.0. The Bertz CT molecular complexity index is 1900. The predicted octanol–water partition coefficient (Wildman–Crippen LogP) is 9.62. The number of pyridine rings is 1. The summed E-state index contributed by atoms with van der Waals surface area (Å²) in [4.78, 5) is 4.74. The van der Waals surface area contributed by atoms with Crippen LogP contribution >= 0.6 is 11.6 Å². The highest BCUT2D eigenvalue weighted by atomic mass is 35.5. The zero-order valence-corrected chi connectivity index (χ0v) is 23.5. The molecule has 6 aromatic rings. The van der Waals surface area contributed by atoms with Crippen LogP contribution in [0.5, 0.6) is 5.75 Å². The number of hydrogen-bond donors (Lipinski definition) is 0. The van der Waals surface area contributed by atoms with Crippen molar-refractivity contribution in [3.05, 3.63) is 130 Å². The highest BCUT2D eigenvalue weighted by Gasteiger charge is 2.36. The Morgan fingerprint density at radius 2 is 1.52 bits per heavy atom. The Balaban J connectivity index is 1.48. The first-order valence-corrected chi connectivity index (χ1v) is 13.7. The minimum atomic E-state index is -4.66. The molecule has 210 valence electrons. The average molecular weight is 584 g/mol. The molecular weight excluding hydrogens is 559 g/mol. The summed E-state index contributed by atoms with van der Waals surface area (Å²) in [7, 11) is 0. The Labute approximate surface area is 246 Å². The fourth-order valence-corrected chi connectivity index (χ4v) is 5.03. The van der Waals surface area contributed by atoms with Crippen molar-refractivity contribution in [2.75, 3.05) is 0 Å². The summed E-state index contributed by atoms with van der Waals surface area (Å²) in [5.41, 5.74) is 4.36. The minimum absolute atomic E-state index is 0.0757. The molecule has 8 heteroatoms. The molecule has 2 heterocycles. The van der Waals surface area contributed by atoms with Crippen molar-refractivity contribution in [1.82, 2.24) is 14.8 Å². The molecule has 0 fully saturated rings. The third kappa shape index (κ3) is 5.48. The Kier molecular flexibility index (Phi) is 7.21. The molecule has 4 nitrogen and oxygen atoms in total. The van der Waals surface area contributed by atoms with Gasteiger partial charge in [-0.1, -0.05) is 71.8 Å². The number of halogens is 4. The molecule has 4 aromatic carbocycles. The topological polar surface area (TPSA) is 39.9 Å². The van der Waals surface area contributed by atoms with E-state index < -0.39 is 11.7 Å². The maximum Gasteiger partial charge on any atom is 0.417 e. The molecule has 6 rings (SSSR count). The van der Waals surface area contributed by atoms with Crippen LogP contribution in [0.2, 0.25) is 5.02 Å². The van der Waals surface area contributed by atoms with E-state index in [1.165, 1.54) is 4.68 Å². The summed E-state index contributed by atoms with van der Waals surface area (Å²) in [6.45, 7) is 4.32. The number of nitrogens with zero attached hydrogens (tertiary/aromatic N) is 3. The van der Waals surface area contributed by atoms with Crippen LogP contribution in [0, 0.1) is 13.8 Å². The van der Waals surface area contributed by atoms with Crippen LogP contribution in [0.15, 0.2) is 103 Å². The third-order valence-electron chi connectivity index (χ3n) is 7.13. The normalized spacial score (nSPS) is 11.7. The summed E-state index contributed by atoms with van der Waals surface area (Å²) in [5.74, 6) is 0.602. The van der Waals surface area contributed by atoms with E-state index >= 15 is 0 Å². The van der Waals surface area contributed by atoms with Gasteiger partial charge in [0.2, 0.25) is 0 Å². The van der Waals surface area contributed by atoms with Crippen LogP contribution in [0.3, 0.4) is 0 Å². The van der Waals surface area contributed by atoms with E-state index in [4.69, 9.17) is 21.3 Å². The van der Waals surface area contributed by atoms with Gasteiger partial charge in [-0.05, 0) is 73.5 Å². The maximum absolute atomic E-state index is 14.7. The first-order valence-electron chi connectivity index (χ1n) is 13.3. The molecule has 2 aromatic heterocycles. The van der Waals surface area contributed by atoms with E-state index in [2.05, 4.69) is 5.10 Å². The zero-order chi connectivity index (χ0) is 29.4. The number of aryl methyl sites for hydroxylation is 2. The number of rotatable bonds is 6. The van der Waals surface area contributed by atoms with Crippen LogP contribution in [0.25, 0.3) is 39.2 Å². The molecule has 0 bridgehead atoms. The maximum atomic E-state index is 14.7. The van der Waals surface area contributed by atoms with Crippen LogP contribution in [-0.4, -0.2) is 14.8 Å². The second kappa shape index (κ2) is 11.0. The van der Waals surface area contributed by atoms with Gasteiger partial charge in [0.1, 0.15) is 18.1 Å². The molecular formula is C34H25ClF3N3O. The van der Waals surface area contributed by atoms with Gasteiger partial charge in [0, 0.05) is 16.1 Å². The molecule has 0 N–H and O–H groups in total. The van der Waals surface area contributed by atoms with Gasteiger partial charge in [-0.25, -0.2) is 9.67 Å². The molecule has 0 spiro atoms. The van der Waals surface area contributed by atoms with Gasteiger partial charge in [0.25, 0.3) is 0 Å². The van der Waals surface area contributed by atoms with Crippen LogP contribution < -0.4 is 4.74 Å². The largest absolute Gasteiger partial charge is 0.489 e. The number of aromatic nitrogens is 3. The van der Waals surface area contributed by atoms with Crippen molar-refractivity contribution in [3.63, 3.8) is 0 Å². The van der Waals surface area contributed by atoms with Gasteiger partial charge < -0.3 is 4.74 Å². The molecule has 0 aliphatic heterocycles. The quantitative estimate of drug-likeness (QED) is 0.196. The van der Waals surface area contributed by atoms with Crippen molar-refractivity contribution in [3.8, 4) is 34.0 Å². The van der Waals surface area contributed by atoms with Gasteiger partial charge in [-0.3, -0.25) is 0 Å². The van der Waals surface area contributed by atoms with E-state index in [9.17, 15) is 13.2 Å². The highest BCUT2D eigenvalue weighted by Crippen LogP contribution is 2.42. The first kappa shape index (κ1) is 27.5. The van der Waals surface area contributed by atoms with Gasteiger partial charge in [0.15, 0.2) is 5.65 Å². The Morgan fingerprint density at radius 3 is 2.21 bits per heavy atom. The molecule has 0 saturated heterocycles. The standard InChI is InChI=1S/C34H25ClF3N3O/c1-21-10-12-24(13-11-21)32-31-29(34(36,37)38)19-30(39-33(31)41(40-32)27-9-5-8-26(35)18-27)23-14-16-28(17-15-23)42-20-25-7-4-3-6-22(25)2/h3-19H,20H2,1-2H3. The van der Waals surface area contributed by atoms with Crippen molar-refractivity contribution < 1.29 is 17.9 Å². The summed E-state index contributed by atoms with van der Waals surface area (Å²) in [6, 6.07) is 29.9. The molecule has 0 saturated carbocycles. The molecule has 0 amide bonds. The molecule has 0 aliphatic rings. The van der Waals surface area contributed by atoms with E-state index in [0.29, 0.717) is 34.2 Å². The van der Waals surface area contributed by atoms with E-state index in [1.807, 2.05) is 50.2 Å². The molecule has 0 atom stereocenters. The van der Waals surface area contributed by atoms with Gasteiger partial charge in [-0.2, -0.15) is 18.3 Å². The minimum Gasteiger partial charge on any atom is -0.489 e. The van der Waals surface area contributed by atoms with Crippen LogP contribution in [-0.2, 0) is 12.8 Å². The molecule has 0 unspecified atom stereocenters. The molecule has 0 radical (unpaired) electrons. The smallest absolute Gasteiger partial charge is 0.417 e. The van der Waals surface area contributed by atoms with E-state index in [0.717, 1.165) is 22.8 Å². The average Bonchev–Trinajstić information content (AvgIpc) is 3.36. The predicted molar refractivity (Wildman–Crippen MR) is 160 cm³/mol. The van der Waals surface area contributed by atoms with E-state index in [1.54, 1.807) is 60.7 Å². The monoisotopic (exact) mass is 583 g/mol. The van der Waals surface area contributed by atoms with Crippen molar-refractivity contribution in [2.24, 2.45) is 0 Å². The van der Waals surface area contributed by atoms with Gasteiger partial charge in [-0.15, -0.1) is 0 Å². The second-order valence-corrected chi connectivity index (χ2v) is 10.5. The van der Waals surface area contributed by atoms with Gasteiger partial charge >= 0.3 is 6.18 Å². The lowest BCUT2D eigenvalue weighted by Crippen LogP contribution is -2.08. The molecule has 0 aliphatic carbocycles. The number of fused-ring (bicyclic) bond motifs is 1. The van der Waals surface area contributed by atoms with Crippen molar-refractivity contribution in [1.29, 1.82) is 0 Å². The number of ether oxygens (including phenoxy) is 1. The Hall–Kier alpha value is -4.62. The SMILES string of the molecule is Cc1ccc(-c2nn(-c3cccc(Cl)c3)c3nc(-c4ccc(OCc5ccccc5C)cc4)cc(C(F)(F)F)c23)cc1. The number of benzene rings is 4. The highest BCUT2D eigenvalue weighted by molar-refractivity contribution is 6.30. The number of hydrogen-bond acceptors (Lipinski definition) is 3. The lowest BCUT2D eigenvalue weighted by molar-refractivity contribution is -0.136. The van der Waals surface area contributed by atoms with Gasteiger partial charge in [0.05, 0.1) is 22.3 Å². The fraction of sp³-hybridized carbons (Fsp3) is 0.118. The second-order valence-electron chi connectivity index (χ2n) is 10.1. The summed E-state index contributed by atoms with van der Waals surface area (Å²) in [6.07, 6.45) is -4.66. The summed E-state index contributed by atoms with van der Waals surface area (Å²) < 4.78 is 51.5. The van der Waals surface area contributed by atoms with Crippen molar-refractivity contribution >= 4 is 22.6 Å². The Morgan fingerprint density at radius 1 is 0.810 bits per heavy atom. The molecule has 42 heavy (non-hydrogen) atoms. The van der Waals surface area contributed by atoms with Crippen molar-refractivity contribution in [2.45, 2.75) is 26.6 Å². The van der Waals surface area contributed by atoms with Crippen LogP contribution in [0.4, 0.5) is 13.2 Å². The summed E-state index contributed by atoms with van der Waals surface area (Å²) >= 11 is 6.25. The zero-order valence-electron chi connectivity index (χ0n) is 22.8. The van der Waals surface area contributed by atoms with E-state index in [-0.39, 0.29) is 22.4 Å². The first-order chi connectivity index (χ1) is 20.2. The van der Waals surface area contributed by atoms with Crippen LogP contribution in [0.1, 0.15) is 22.3 Å². The fourth-order valence-electron chi connectivity index (χ4n) is 4.84. The number of alkyl halides is 3. The third-order valence-corrected chi connectivity index (χ3v) is 7.36. The lowest BCUT2D eigenvalue weighted by Gasteiger charge is -2.13.